The topological polar surface area (TPSA) is 9.23 Å². The van der Waals surface area contributed by atoms with E-state index in [1.54, 1.807) is 0 Å². The third-order valence-electron chi connectivity index (χ3n) is 2.74. The molecule has 0 aliphatic heterocycles. The molecular formula is C15H11ClF4O. The maximum Gasteiger partial charge on any atom is 0.126 e. The van der Waals surface area contributed by atoms with E-state index >= 15 is 0 Å². The van der Waals surface area contributed by atoms with Gasteiger partial charge in [-0.1, -0.05) is 0 Å². The maximum absolute atomic E-state index is 13.3. The van der Waals surface area contributed by atoms with E-state index in [4.69, 9.17) is 16.3 Å². The molecule has 0 saturated carbocycles. The number of ether oxygens (including phenoxy) is 1. The van der Waals surface area contributed by atoms with Crippen LogP contribution in [0.15, 0.2) is 36.4 Å². The van der Waals surface area contributed by atoms with E-state index in [0.717, 1.165) is 24.3 Å². The molecule has 0 aromatic heterocycles. The van der Waals surface area contributed by atoms with Gasteiger partial charge in [0, 0.05) is 18.0 Å². The van der Waals surface area contributed by atoms with E-state index in [-0.39, 0.29) is 23.6 Å². The summed E-state index contributed by atoms with van der Waals surface area (Å²) in [6.07, 6.45) is -1.01. The summed E-state index contributed by atoms with van der Waals surface area (Å²) in [5.41, 5.74) is 0.227. The third-order valence-corrected chi connectivity index (χ3v) is 2.89. The van der Waals surface area contributed by atoms with Crippen LogP contribution in [0.1, 0.15) is 17.2 Å². The molecule has 1 nitrogen and oxygen atoms in total. The monoisotopic (exact) mass is 318 g/mol. The van der Waals surface area contributed by atoms with E-state index in [0.29, 0.717) is 12.1 Å². The predicted octanol–water partition coefficient (Wildman–Crippen LogP) is 4.59. The van der Waals surface area contributed by atoms with Crippen LogP contribution in [0, 0.1) is 23.3 Å². The fourth-order valence-corrected chi connectivity index (χ4v) is 2.09. The van der Waals surface area contributed by atoms with Crippen molar-refractivity contribution in [2.24, 2.45) is 0 Å². The number of hydrogen-bond donors (Lipinski definition) is 0. The Kier molecular flexibility index (Phi) is 5.20. The molecule has 2 aromatic rings. The van der Waals surface area contributed by atoms with Crippen LogP contribution in [0.3, 0.4) is 0 Å². The van der Waals surface area contributed by atoms with Crippen LogP contribution in [0.25, 0.3) is 0 Å². The van der Waals surface area contributed by atoms with E-state index in [9.17, 15) is 17.6 Å². The van der Waals surface area contributed by atoms with Gasteiger partial charge in [0.15, 0.2) is 0 Å². The van der Waals surface area contributed by atoms with Crippen LogP contribution in [-0.4, -0.2) is 12.5 Å². The molecule has 0 radical (unpaired) electrons. The van der Waals surface area contributed by atoms with Gasteiger partial charge < -0.3 is 4.74 Å². The number of alkyl halides is 1. The molecule has 0 unspecified atom stereocenters. The summed E-state index contributed by atoms with van der Waals surface area (Å²) in [6, 6.07) is 5.59. The Bertz CT molecular complexity index is 541. The fourth-order valence-electron chi connectivity index (χ4n) is 2.00. The molecule has 0 spiro atoms. The lowest BCUT2D eigenvalue weighted by Gasteiger charge is -2.19. The van der Waals surface area contributed by atoms with Crippen LogP contribution < -0.4 is 0 Å². The first kappa shape index (κ1) is 15.8. The van der Waals surface area contributed by atoms with Crippen molar-refractivity contribution >= 4 is 11.6 Å². The number of rotatable bonds is 5. The Morgan fingerprint density at radius 3 is 1.48 bits per heavy atom. The van der Waals surface area contributed by atoms with Gasteiger partial charge in [-0.25, -0.2) is 17.6 Å². The highest BCUT2D eigenvalue weighted by Crippen LogP contribution is 2.28. The molecule has 0 amide bonds. The van der Waals surface area contributed by atoms with Gasteiger partial charge >= 0.3 is 0 Å². The van der Waals surface area contributed by atoms with Crippen molar-refractivity contribution in [1.29, 1.82) is 0 Å². The van der Waals surface area contributed by atoms with Crippen molar-refractivity contribution in [2.75, 3.05) is 12.5 Å². The average molecular weight is 319 g/mol. The SMILES string of the molecule is Fc1cc(F)cc(C(OCCCl)c2cc(F)cc(F)c2)c1. The summed E-state index contributed by atoms with van der Waals surface area (Å²) in [6.45, 7) is 0.0580. The number of halogens is 5. The lowest BCUT2D eigenvalue weighted by molar-refractivity contribution is 0.0919. The zero-order valence-corrected chi connectivity index (χ0v) is 11.5. The van der Waals surface area contributed by atoms with Crippen LogP contribution in [-0.2, 0) is 4.74 Å². The van der Waals surface area contributed by atoms with Crippen LogP contribution in [0.5, 0.6) is 0 Å². The molecule has 0 atom stereocenters. The highest BCUT2D eigenvalue weighted by Gasteiger charge is 2.18. The van der Waals surface area contributed by atoms with Crippen LogP contribution >= 0.6 is 11.6 Å². The Morgan fingerprint density at radius 2 is 1.14 bits per heavy atom. The quantitative estimate of drug-likeness (QED) is 0.579. The van der Waals surface area contributed by atoms with Crippen molar-refractivity contribution in [1.82, 2.24) is 0 Å². The summed E-state index contributed by atoms with van der Waals surface area (Å²) in [5.74, 6) is -3.09. The molecule has 0 N–H and O–H groups in total. The highest BCUT2D eigenvalue weighted by atomic mass is 35.5. The standard InChI is InChI=1S/C15H11ClF4O/c16-1-2-21-15(9-3-11(17)7-12(18)4-9)10-5-13(19)8-14(20)6-10/h3-8,15H,1-2H2. The van der Waals surface area contributed by atoms with Gasteiger partial charge in [-0.2, -0.15) is 0 Å². The van der Waals surface area contributed by atoms with Crippen LogP contribution in [0.4, 0.5) is 17.6 Å². The predicted molar refractivity (Wildman–Crippen MR) is 71.2 cm³/mol. The van der Waals surface area contributed by atoms with E-state index < -0.39 is 29.4 Å². The lowest BCUT2D eigenvalue weighted by Crippen LogP contribution is -2.10. The third kappa shape index (κ3) is 4.19. The highest BCUT2D eigenvalue weighted by molar-refractivity contribution is 6.17. The minimum absolute atomic E-state index is 0.0580. The Hall–Kier alpha value is -1.59. The first-order chi connectivity index (χ1) is 9.99. The van der Waals surface area contributed by atoms with E-state index in [1.165, 1.54) is 0 Å². The smallest absolute Gasteiger partial charge is 0.126 e. The Morgan fingerprint density at radius 1 is 0.762 bits per heavy atom. The lowest BCUT2D eigenvalue weighted by atomic mass is 10.0. The van der Waals surface area contributed by atoms with Gasteiger partial charge in [0.05, 0.1) is 6.61 Å². The zero-order chi connectivity index (χ0) is 15.4. The summed E-state index contributed by atoms with van der Waals surface area (Å²) in [7, 11) is 0. The first-order valence-electron chi connectivity index (χ1n) is 6.09. The molecule has 0 saturated heterocycles. The molecule has 0 bridgehead atoms. The van der Waals surface area contributed by atoms with E-state index in [1.807, 2.05) is 0 Å². The van der Waals surface area contributed by atoms with Crippen molar-refractivity contribution in [3.8, 4) is 0 Å². The summed E-state index contributed by atoms with van der Waals surface area (Å²) in [4.78, 5) is 0. The largest absolute Gasteiger partial charge is 0.368 e. The minimum Gasteiger partial charge on any atom is -0.368 e. The van der Waals surface area contributed by atoms with Crippen molar-refractivity contribution in [2.45, 2.75) is 6.10 Å². The normalized spacial score (nSPS) is 11.1. The molecule has 0 heterocycles. The van der Waals surface area contributed by atoms with Gasteiger partial charge in [-0.05, 0) is 35.4 Å². The Labute approximate surface area is 124 Å². The molecule has 2 rings (SSSR count). The van der Waals surface area contributed by atoms with Crippen molar-refractivity contribution < 1.29 is 22.3 Å². The summed E-state index contributed by atoms with van der Waals surface area (Å²) >= 11 is 5.52. The molecule has 0 fully saturated rings. The van der Waals surface area contributed by atoms with E-state index in [2.05, 4.69) is 0 Å². The van der Waals surface area contributed by atoms with Crippen molar-refractivity contribution in [3.05, 3.63) is 70.8 Å². The molecule has 0 aliphatic carbocycles. The molecule has 6 heteroatoms. The van der Waals surface area contributed by atoms with Gasteiger partial charge in [0.25, 0.3) is 0 Å². The molecule has 112 valence electrons. The maximum atomic E-state index is 13.3. The summed E-state index contributed by atoms with van der Waals surface area (Å²) in [5, 5.41) is 0. The van der Waals surface area contributed by atoms with Gasteiger partial charge in [-0.3, -0.25) is 0 Å². The molecule has 21 heavy (non-hydrogen) atoms. The second-order valence-corrected chi connectivity index (χ2v) is 4.72. The average Bonchev–Trinajstić information content (AvgIpc) is 2.37. The number of benzene rings is 2. The zero-order valence-electron chi connectivity index (χ0n) is 10.8. The second-order valence-electron chi connectivity index (χ2n) is 4.35. The van der Waals surface area contributed by atoms with Crippen molar-refractivity contribution in [3.63, 3.8) is 0 Å². The summed E-state index contributed by atoms with van der Waals surface area (Å²) < 4.78 is 58.6. The Balaban J connectivity index is 2.46. The van der Waals surface area contributed by atoms with Gasteiger partial charge in [0.2, 0.25) is 0 Å². The molecule has 0 aliphatic rings. The van der Waals surface area contributed by atoms with Gasteiger partial charge in [-0.15, -0.1) is 11.6 Å². The minimum atomic E-state index is -1.01. The first-order valence-corrected chi connectivity index (χ1v) is 6.62. The van der Waals surface area contributed by atoms with Gasteiger partial charge in [0.1, 0.15) is 29.4 Å². The number of hydrogen-bond acceptors (Lipinski definition) is 1. The van der Waals surface area contributed by atoms with Crippen LogP contribution in [0.2, 0.25) is 0 Å². The molecular weight excluding hydrogens is 308 g/mol. The fraction of sp³-hybridized carbons (Fsp3) is 0.200. The second kappa shape index (κ2) is 6.91. The molecule has 2 aromatic carbocycles.